The van der Waals surface area contributed by atoms with Crippen molar-refractivity contribution in [3.05, 3.63) is 122 Å². The van der Waals surface area contributed by atoms with E-state index >= 15 is 0 Å². The molecule has 462 valence electrons. The standard InChI is InChI=1S/C75H126O6/c1-4-7-10-13-16-19-22-25-28-31-34-36-37-39-41-44-47-50-53-56-59-62-65-68-74(77)80-71-72(70-79-73(76)67-64-61-58-55-52-49-46-43-40-33-30-27-24-21-18-15-12-9-6-3)81-75(78)69-66-63-60-57-54-51-48-45-42-38-35-32-29-26-23-20-17-14-11-8-5-2/h7,10,16,18-19,21,25,27-28,30,32,34-36,39-41,43,47,50,72H,4-6,8-9,11-15,17,20,22-24,26,29,31,33,37-38,42,44-46,48-49,51-71H2,1-3H3/b10-7-,19-16-,21-18-,28-25-,30-27-,35-32-,36-34-,41-39-,43-40-,50-47-. The third-order valence-corrected chi connectivity index (χ3v) is 14.4. The quantitative estimate of drug-likeness (QED) is 0.0261. The molecule has 0 rings (SSSR count). The van der Waals surface area contributed by atoms with Gasteiger partial charge in [-0.3, -0.25) is 14.4 Å². The first-order valence-electron chi connectivity index (χ1n) is 34.0. The van der Waals surface area contributed by atoms with E-state index in [1.165, 1.54) is 148 Å². The van der Waals surface area contributed by atoms with Crippen LogP contribution in [-0.2, 0) is 28.6 Å². The first-order valence-corrected chi connectivity index (χ1v) is 34.0. The molecule has 0 aromatic heterocycles. The average Bonchev–Trinajstić information content (AvgIpc) is 3.47. The lowest BCUT2D eigenvalue weighted by Crippen LogP contribution is -2.30. The van der Waals surface area contributed by atoms with Crippen molar-refractivity contribution in [1.29, 1.82) is 0 Å². The van der Waals surface area contributed by atoms with Gasteiger partial charge in [0.2, 0.25) is 0 Å². The zero-order valence-electron chi connectivity index (χ0n) is 53.0. The first kappa shape index (κ1) is 76.8. The molecule has 6 nitrogen and oxygen atoms in total. The molecule has 0 bridgehead atoms. The van der Waals surface area contributed by atoms with Gasteiger partial charge in [0.05, 0.1) is 0 Å². The van der Waals surface area contributed by atoms with Crippen LogP contribution >= 0.6 is 0 Å². The summed E-state index contributed by atoms with van der Waals surface area (Å²) in [5.41, 5.74) is 0. The number of carbonyl (C=O) groups is 3. The number of hydrogen-bond acceptors (Lipinski definition) is 6. The zero-order valence-corrected chi connectivity index (χ0v) is 53.0. The zero-order chi connectivity index (χ0) is 58.5. The van der Waals surface area contributed by atoms with Gasteiger partial charge in [-0.15, -0.1) is 0 Å². The van der Waals surface area contributed by atoms with E-state index in [1.807, 2.05) is 0 Å². The highest BCUT2D eigenvalue weighted by atomic mass is 16.6. The van der Waals surface area contributed by atoms with Crippen molar-refractivity contribution in [3.63, 3.8) is 0 Å². The molecule has 0 aromatic carbocycles. The van der Waals surface area contributed by atoms with E-state index in [0.717, 1.165) is 128 Å². The number of rotatable bonds is 61. The Morgan fingerprint density at radius 1 is 0.259 bits per heavy atom. The lowest BCUT2D eigenvalue weighted by Gasteiger charge is -2.18. The summed E-state index contributed by atoms with van der Waals surface area (Å²) in [4.78, 5) is 38.5. The average molecular weight is 1120 g/mol. The molecule has 0 amide bonds. The number of hydrogen-bond donors (Lipinski definition) is 0. The third kappa shape index (κ3) is 66.5. The second-order valence-electron chi connectivity index (χ2n) is 22.3. The molecule has 0 fully saturated rings. The molecule has 0 spiro atoms. The number of carbonyl (C=O) groups excluding carboxylic acids is 3. The van der Waals surface area contributed by atoms with Gasteiger partial charge in [0, 0.05) is 19.3 Å². The van der Waals surface area contributed by atoms with E-state index in [4.69, 9.17) is 14.2 Å². The van der Waals surface area contributed by atoms with E-state index in [1.54, 1.807) is 0 Å². The number of allylic oxidation sites excluding steroid dienone is 20. The molecule has 81 heavy (non-hydrogen) atoms. The maximum atomic E-state index is 13.0. The van der Waals surface area contributed by atoms with Crippen LogP contribution < -0.4 is 0 Å². The van der Waals surface area contributed by atoms with Crippen LogP contribution in [0.2, 0.25) is 0 Å². The molecule has 0 heterocycles. The molecular weight excluding hydrogens is 997 g/mol. The molecule has 0 aromatic rings. The lowest BCUT2D eigenvalue weighted by atomic mass is 10.1. The second kappa shape index (κ2) is 68.3. The maximum Gasteiger partial charge on any atom is 0.306 e. The van der Waals surface area contributed by atoms with E-state index in [9.17, 15) is 14.4 Å². The highest BCUT2D eigenvalue weighted by molar-refractivity contribution is 5.71. The Hall–Kier alpha value is -4.19. The molecule has 1 unspecified atom stereocenters. The molecule has 0 aliphatic heterocycles. The van der Waals surface area contributed by atoms with Crippen molar-refractivity contribution in [2.45, 2.75) is 322 Å². The van der Waals surface area contributed by atoms with Gasteiger partial charge in [-0.1, -0.05) is 284 Å². The summed E-state index contributed by atoms with van der Waals surface area (Å²) in [6, 6.07) is 0. The van der Waals surface area contributed by atoms with Crippen LogP contribution in [-0.4, -0.2) is 37.2 Å². The van der Waals surface area contributed by atoms with Gasteiger partial charge in [0.25, 0.3) is 0 Å². The van der Waals surface area contributed by atoms with E-state index in [0.29, 0.717) is 19.3 Å². The van der Waals surface area contributed by atoms with Crippen molar-refractivity contribution in [2.75, 3.05) is 13.2 Å². The van der Waals surface area contributed by atoms with Gasteiger partial charge < -0.3 is 14.2 Å². The maximum absolute atomic E-state index is 13.0. The van der Waals surface area contributed by atoms with Crippen molar-refractivity contribution in [3.8, 4) is 0 Å². The molecular formula is C75H126O6. The summed E-state index contributed by atoms with van der Waals surface area (Å²) < 4.78 is 17.0. The molecule has 0 aliphatic carbocycles. The SMILES string of the molecule is CC/C=C\C/C=C\C/C=C\C/C=C\C/C=C\C/C=C\CCCCCCC(=O)OCC(COC(=O)CCCCCCCC/C=C\C/C=C\C/C=C\CCCCC)OC(=O)CCCCCCCCCCC/C=C\CCCCCCCCCC. The molecule has 0 saturated carbocycles. The molecule has 0 aliphatic rings. The van der Waals surface area contributed by atoms with Crippen LogP contribution in [0.3, 0.4) is 0 Å². The van der Waals surface area contributed by atoms with Crippen molar-refractivity contribution in [2.24, 2.45) is 0 Å². The predicted octanol–water partition coefficient (Wildman–Crippen LogP) is 23.6. The van der Waals surface area contributed by atoms with Crippen LogP contribution in [0.25, 0.3) is 0 Å². The largest absolute Gasteiger partial charge is 0.462 e. The second-order valence-corrected chi connectivity index (χ2v) is 22.3. The minimum atomic E-state index is -0.801. The topological polar surface area (TPSA) is 78.9 Å². The molecule has 0 radical (unpaired) electrons. The predicted molar refractivity (Wildman–Crippen MR) is 353 cm³/mol. The highest BCUT2D eigenvalue weighted by Gasteiger charge is 2.19. The Labute approximate surface area is 501 Å². The van der Waals surface area contributed by atoms with Gasteiger partial charge in [0.15, 0.2) is 6.10 Å². The molecule has 6 heteroatoms. The van der Waals surface area contributed by atoms with Crippen molar-refractivity contribution in [1.82, 2.24) is 0 Å². The first-order chi connectivity index (χ1) is 40.0. The Morgan fingerprint density at radius 2 is 0.481 bits per heavy atom. The summed E-state index contributed by atoms with van der Waals surface area (Å²) in [5.74, 6) is -0.926. The van der Waals surface area contributed by atoms with Gasteiger partial charge in [-0.05, 0) is 135 Å². The van der Waals surface area contributed by atoms with E-state index in [-0.39, 0.29) is 31.1 Å². The van der Waals surface area contributed by atoms with Crippen molar-refractivity contribution < 1.29 is 28.6 Å². The third-order valence-electron chi connectivity index (χ3n) is 14.4. The fourth-order valence-corrected chi connectivity index (χ4v) is 9.33. The minimum absolute atomic E-state index is 0.0957. The Morgan fingerprint density at radius 3 is 0.790 bits per heavy atom. The van der Waals surface area contributed by atoms with Crippen molar-refractivity contribution >= 4 is 17.9 Å². The Bertz CT molecular complexity index is 1670. The molecule has 0 saturated heterocycles. The van der Waals surface area contributed by atoms with E-state index in [2.05, 4.69) is 142 Å². The van der Waals surface area contributed by atoms with Crippen LogP contribution in [0, 0.1) is 0 Å². The van der Waals surface area contributed by atoms with Gasteiger partial charge >= 0.3 is 17.9 Å². The Kier molecular flexibility index (Phi) is 64.8. The summed E-state index contributed by atoms with van der Waals surface area (Å²) >= 11 is 0. The summed E-state index contributed by atoms with van der Waals surface area (Å²) in [5, 5.41) is 0. The van der Waals surface area contributed by atoms with Crippen LogP contribution in [0.1, 0.15) is 316 Å². The molecule has 1 atom stereocenters. The minimum Gasteiger partial charge on any atom is -0.462 e. The highest BCUT2D eigenvalue weighted by Crippen LogP contribution is 2.16. The summed E-state index contributed by atoms with van der Waals surface area (Å²) in [6.45, 7) is 6.49. The summed E-state index contributed by atoms with van der Waals surface area (Å²) in [6.07, 6.45) is 94.9. The van der Waals surface area contributed by atoms with E-state index < -0.39 is 6.10 Å². The van der Waals surface area contributed by atoms with Crippen LogP contribution in [0.15, 0.2) is 122 Å². The van der Waals surface area contributed by atoms with Gasteiger partial charge in [-0.2, -0.15) is 0 Å². The normalized spacial score (nSPS) is 12.9. The fraction of sp³-hybridized carbons (Fsp3) is 0.693. The number of unbranched alkanes of at least 4 members (excludes halogenated alkanes) is 30. The number of esters is 3. The smallest absolute Gasteiger partial charge is 0.306 e. The fourth-order valence-electron chi connectivity index (χ4n) is 9.33. The Balaban J connectivity index is 4.47. The van der Waals surface area contributed by atoms with Gasteiger partial charge in [-0.25, -0.2) is 0 Å². The van der Waals surface area contributed by atoms with Gasteiger partial charge in [0.1, 0.15) is 13.2 Å². The van der Waals surface area contributed by atoms with Crippen LogP contribution in [0.4, 0.5) is 0 Å². The summed E-state index contributed by atoms with van der Waals surface area (Å²) in [7, 11) is 0. The number of ether oxygens (including phenoxy) is 3. The lowest BCUT2D eigenvalue weighted by molar-refractivity contribution is -0.167. The molecule has 0 N–H and O–H groups in total. The van der Waals surface area contributed by atoms with Crippen LogP contribution in [0.5, 0.6) is 0 Å². The monoisotopic (exact) mass is 1120 g/mol.